The van der Waals surface area contributed by atoms with Crippen molar-refractivity contribution in [3.63, 3.8) is 0 Å². The van der Waals surface area contributed by atoms with Crippen molar-refractivity contribution in [2.75, 3.05) is 10.6 Å². The van der Waals surface area contributed by atoms with Gasteiger partial charge in [-0.15, -0.1) is 0 Å². The molecule has 7 heteroatoms. The number of hydrogen-bond donors (Lipinski definition) is 3. The summed E-state index contributed by atoms with van der Waals surface area (Å²) in [6.45, 7) is 1.98. The summed E-state index contributed by atoms with van der Waals surface area (Å²) in [5.41, 5.74) is 4.01. The summed E-state index contributed by atoms with van der Waals surface area (Å²) < 4.78 is 0. The number of thiophene rings is 1. The number of amides is 2. The quantitative estimate of drug-likeness (QED) is 0.478. The highest BCUT2D eigenvalue weighted by molar-refractivity contribution is 7.07. The zero-order chi connectivity index (χ0) is 19.5. The highest BCUT2D eigenvalue weighted by Crippen LogP contribution is 2.21. The fourth-order valence-corrected chi connectivity index (χ4v) is 3.62. The molecule has 4 aromatic rings. The number of fused-ring (bicyclic) bond motifs is 1. The Hall–Kier alpha value is -3.45. The fourth-order valence-electron chi connectivity index (χ4n) is 2.95. The Balaban J connectivity index is 1.57. The highest BCUT2D eigenvalue weighted by Gasteiger charge is 2.10. The molecule has 4 rings (SSSR count). The number of aryl methyl sites for hydroxylation is 1. The van der Waals surface area contributed by atoms with E-state index in [2.05, 4.69) is 26.2 Å². The molecule has 0 atom stereocenters. The molecule has 0 bridgehead atoms. The summed E-state index contributed by atoms with van der Waals surface area (Å²) in [4.78, 5) is 24.5. The molecule has 0 radical (unpaired) electrons. The SMILES string of the molecule is Cc1ccc(NC(=O)Nc2ccc3c(Cc4ccsc4)n[nH]c(=O)c3c2)cc1. The second-order valence-corrected chi connectivity index (χ2v) is 7.29. The smallest absolute Gasteiger partial charge is 0.308 e. The minimum absolute atomic E-state index is 0.285. The summed E-state index contributed by atoms with van der Waals surface area (Å²) in [5.74, 6) is 0. The van der Waals surface area contributed by atoms with E-state index in [1.165, 1.54) is 0 Å². The van der Waals surface area contributed by atoms with Crippen molar-refractivity contribution in [1.82, 2.24) is 10.2 Å². The lowest BCUT2D eigenvalue weighted by atomic mass is 10.1. The summed E-state index contributed by atoms with van der Waals surface area (Å²) in [6.07, 6.45) is 0.636. The van der Waals surface area contributed by atoms with Crippen molar-refractivity contribution in [1.29, 1.82) is 0 Å². The molecule has 6 nitrogen and oxygen atoms in total. The molecule has 2 aromatic carbocycles. The van der Waals surface area contributed by atoms with Gasteiger partial charge < -0.3 is 10.6 Å². The van der Waals surface area contributed by atoms with Crippen LogP contribution < -0.4 is 16.2 Å². The van der Waals surface area contributed by atoms with E-state index in [4.69, 9.17) is 0 Å². The normalized spacial score (nSPS) is 10.8. The van der Waals surface area contributed by atoms with E-state index in [-0.39, 0.29) is 11.6 Å². The van der Waals surface area contributed by atoms with Crippen LogP contribution in [0.15, 0.2) is 64.1 Å². The third kappa shape index (κ3) is 3.94. The monoisotopic (exact) mass is 390 g/mol. The van der Waals surface area contributed by atoms with Crippen molar-refractivity contribution >= 4 is 39.5 Å². The van der Waals surface area contributed by atoms with E-state index in [9.17, 15) is 9.59 Å². The van der Waals surface area contributed by atoms with Crippen LogP contribution in [0.4, 0.5) is 16.2 Å². The zero-order valence-corrected chi connectivity index (χ0v) is 16.0. The van der Waals surface area contributed by atoms with E-state index in [1.54, 1.807) is 23.5 Å². The largest absolute Gasteiger partial charge is 0.323 e. The van der Waals surface area contributed by atoms with Crippen LogP contribution in [0.2, 0.25) is 0 Å². The average Bonchev–Trinajstić information content (AvgIpc) is 3.19. The predicted molar refractivity (Wildman–Crippen MR) is 113 cm³/mol. The third-order valence-corrected chi connectivity index (χ3v) is 5.12. The molecule has 28 heavy (non-hydrogen) atoms. The second kappa shape index (κ2) is 7.66. The van der Waals surface area contributed by atoms with E-state index in [0.717, 1.165) is 22.2 Å². The predicted octanol–water partition coefficient (Wildman–Crippen LogP) is 4.53. The first-order chi connectivity index (χ1) is 13.6. The molecule has 0 saturated heterocycles. The number of anilines is 2. The molecule has 2 amide bonds. The van der Waals surface area contributed by atoms with Crippen LogP contribution >= 0.6 is 11.3 Å². The van der Waals surface area contributed by atoms with Crippen LogP contribution in [0.5, 0.6) is 0 Å². The van der Waals surface area contributed by atoms with E-state index in [1.807, 2.05) is 48.7 Å². The van der Waals surface area contributed by atoms with Gasteiger partial charge in [0.15, 0.2) is 0 Å². The maximum Gasteiger partial charge on any atom is 0.323 e. The Morgan fingerprint density at radius 1 is 1.04 bits per heavy atom. The van der Waals surface area contributed by atoms with Crippen molar-refractivity contribution in [3.05, 3.63) is 86.5 Å². The first-order valence-electron chi connectivity index (χ1n) is 8.75. The van der Waals surface area contributed by atoms with Crippen LogP contribution in [0.1, 0.15) is 16.8 Å². The maximum absolute atomic E-state index is 12.2. The Kier molecular flexibility index (Phi) is 4.90. The molecular weight excluding hydrogens is 372 g/mol. The van der Waals surface area contributed by atoms with Gasteiger partial charge in [-0.2, -0.15) is 16.4 Å². The molecule has 0 aliphatic carbocycles. The molecule has 3 N–H and O–H groups in total. The number of aromatic amines is 1. The lowest BCUT2D eigenvalue weighted by Crippen LogP contribution is -2.19. The van der Waals surface area contributed by atoms with Crippen LogP contribution in [0, 0.1) is 6.92 Å². The number of aromatic nitrogens is 2. The van der Waals surface area contributed by atoms with Gasteiger partial charge in [0.05, 0.1) is 11.1 Å². The number of urea groups is 1. The maximum atomic E-state index is 12.2. The molecule has 2 aromatic heterocycles. The number of nitrogens with one attached hydrogen (secondary N) is 3. The third-order valence-electron chi connectivity index (χ3n) is 4.39. The molecule has 0 spiro atoms. The number of carbonyl (C=O) groups excluding carboxylic acids is 1. The molecule has 2 heterocycles. The van der Waals surface area contributed by atoms with Crippen LogP contribution in [-0.2, 0) is 6.42 Å². The van der Waals surface area contributed by atoms with Crippen molar-refractivity contribution in [2.45, 2.75) is 13.3 Å². The summed E-state index contributed by atoms with van der Waals surface area (Å²) in [7, 11) is 0. The topological polar surface area (TPSA) is 86.9 Å². The summed E-state index contributed by atoms with van der Waals surface area (Å²) in [5, 5.41) is 17.6. The number of carbonyl (C=O) groups is 1. The van der Waals surface area contributed by atoms with Crippen LogP contribution in [0.25, 0.3) is 10.8 Å². The molecule has 0 aliphatic rings. The number of H-pyrrole nitrogens is 1. The first-order valence-corrected chi connectivity index (χ1v) is 9.70. The van der Waals surface area contributed by atoms with Gasteiger partial charge in [-0.1, -0.05) is 23.8 Å². The Bertz CT molecular complexity index is 1180. The average molecular weight is 390 g/mol. The van der Waals surface area contributed by atoms with Crippen molar-refractivity contribution in [2.24, 2.45) is 0 Å². The standard InChI is InChI=1S/C21H18N4O2S/c1-13-2-4-15(5-3-13)22-21(27)23-16-6-7-17-18(11-16)20(26)25-24-19(17)10-14-8-9-28-12-14/h2-9,11-12H,10H2,1H3,(H,25,26)(H2,22,23,27). The number of nitrogens with zero attached hydrogens (tertiary/aromatic N) is 1. The number of benzene rings is 2. The minimum Gasteiger partial charge on any atom is -0.308 e. The van der Waals surface area contributed by atoms with Crippen molar-refractivity contribution in [3.8, 4) is 0 Å². The molecular formula is C21H18N4O2S. The lowest BCUT2D eigenvalue weighted by molar-refractivity contribution is 0.262. The number of hydrogen-bond acceptors (Lipinski definition) is 4. The molecule has 0 unspecified atom stereocenters. The Morgan fingerprint density at radius 2 is 1.79 bits per heavy atom. The molecule has 140 valence electrons. The van der Waals surface area contributed by atoms with Crippen LogP contribution in [-0.4, -0.2) is 16.2 Å². The molecule has 0 fully saturated rings. The second-order valence-electron chi connectivity index (χ2n) is 6.51. The van der Waals surface area contributed by atoms with Gasteiger partial charge in [-0.3, -0.25) is 4.79 Å². The zero-order valence-electron chi connectivity index (χ0n) is 15.2. The lowest BCUT2D eigenvalue weighted by Gasteiger charge is -2.10. The first kappa shape index (κ1) is 17.9. The van der Waals surface area contributed by atoms with Crippen molar-refractivity contribution < 1.29 is 4.79 Å². The molecule has 0 saturated carbocycles. The summed E-state index contributed by atoms with van der Waals surface area (Å²) >= 11 is 1.62. The van der Waals surface area contributed by atoms with Crippen LogP contribution in [0.3, 0.4) is 0 Å². The number of rotatable bonds is 4. The summed E-state index contributed by atoms with van der Waals surface area (Å²) in [6, 6.07) is 14.4. The molecule has 0 aliphatic heterocycles. The van der Waals surface area contributed by atoms with Gasteiger partial charge in [-0.05, 0) is 53.6 Å². The Labute approximate surface area is 165 Å². The van der Waals surface area contributed by atoms with Gasteiger partial charge in [0.2, 0.25) is 0 Å². The van der Waals surface area contributed by atoms with Gasteiger partial charge in [0, 0.05) is 23.2 Å². The van der Waals surface area contributed by atoms with E-state index >= 15 is 0 Å². The van der Waals surface area contributed by atoms with Gasteiger partial charge in [0.1, 0.15) is 0 Å². The fraction of sp³-hybridized carbons (Fsp3) is 0.0952. The Morgan fingerprint density at radius 3 is 2.54 bits per heavy atom. The highest BCUT2D eigenvalue weighted by atomic mass is 32.1. The minimum atomic E-state index is -0.368. The van der Waals surface area contributed by atoms with E-state index in [0.29, 0.717) is 23.2 Å². The van der Waals surface area contributed by atoms with Gasteiger partial charge in [0.25, 0.3) is 5.56 Å². The van der Waals surface area contributed by atoms with Gasteiger partial charge in [-0.25, -0.2) is 9.89 Å². The van der Waals surface area contributed by atoms with E-state index < -0.39 is 0 Å². The van der Waals surface area contributed by atoms with Gasteiger partial charge >= 0.3 is 6.03 Å².